The fourth-order valence-electron chi connectivity index (χ4n) is 1.78. The van der Waals surface area contributed by atoms with Crippen LogP contribution in [0.25, 0.3) is 10.1 Å². The summed E-state index contributed by atoms with van der Waals surface area (Å²) in [4.78, 5) is 22.9. The standard InChI is InChI=1S/C14H14FNO4S/c1-14(2,3)20-13(19)16-10-9-7(15)5-4-6-8(9)21-11(10)12(17)18/h4-6H,1-3H3,(H,16,19)(H,17,18). The molecular formula is C14H14FNO4S. The van der Waals surface area contributed by atoms with Crippen molar-refractivity contribution in [3.63, 3.8) is 0 Å². The summed E-state index contributed by atoms with van der Waals surface area (Å²) in [6, 6.07) is 4.29. The van der Waals surface area contributed by atoms with Crippen LogP contribution < -0.4 is 5.32 Å². The molecule has 1 amide bonds. The fraction of sp³-hybridized carbons (Fsp3) is 0.286. The molecule has 0 radical (unpaired) electrons. The highest BCUT2D eigenvalue weighted by Gasteiger charge is 2.24. The molecule has 1 aromatic heterocycles. The van der Waals surface area contributed by atoms with Crippen LogP contribution in [0, 0.1) is 5.82 Å². The van der Waals surface area contributed by atoms with Crippen LogP contribution >= 0.6 is 11.3 Å². The number of hydrogen-bond acceptors (Lipinski definition) is 4. The number of ether oxygens (including phenoxy) is 1. The molecule has 21 heavy (non-hydrogen) atoms. The van der Waals surface area contributed by atoms with Gasteiger partial charge in [-0.2, -0.15) is 0 Å². The molecule has 112 valence electrons. The maximum Gasteiger partial charge on any atom is 0.412 e. The second-order valence-electron chi connectivity index (χ2n) is 5.35. The molecule has 0 unspecified atom stereocenters. The smallest absolute Gasteiger partial charge is 0.412 e. The summed E-state index contributed by atoms with van der Waals surface area (Å²) in [6.07, 6.45) is -0.826. The first-order chi connectivity index (χ1) is 9.69. The number of carboxylic acids is 1. The zero-order valence-corrected chi connectivity index (χ0v) is 12.5. The summed E-state index contributed by atoms with van der Waals surface area (Å²) in [7, 11) is 0. The topological polar surface area (TPSA) is 75.6 Å². The van der Waals surface area contributed by atoms with E-state index in [-0.39, 0.29) is 16.0 Å². The summed E-state index contributed by atoms with van der Waals surface area (Å²) in [5, 5.41) is 11.6. The molecule has 0 saturated carbocycles. The van der Waals surface area contributed by atoms with E-state index in [1.807, 2.05) is 0 Å². The maximum absolute atomic E-state index is 13.9. The molecule has 7 heteroatoms. The Kier molecular flexibility index (Phi) is 3.87. The third-order valence-corrected chi connectivity index (χ3v) is 3.63. The average Bonchev–Trinajstić information content (AvgIpc) is 2.67. The quantitative estimate of drug-likeness (QED) is 0.876. The van der Waals surface area contributed by atoms with Gasteiger partial charge < -0.3 is 9.84 Å². The Bertz CT molecular complexity index is 718. The van der Waals surface area contributed by atoms with Gasteiger partial charge in [-0.3, -0.25) is 5.32 Å². The van der Waals surface area contributed by atoms with E-state index < -0.39 is 23.5 Å². The first-order valence-corrected chi connectivity index (χ1v) is 6.95. The lowest BCUT2D eigenvalue weighted by molar-refractivity contribution is 0.0636. The van der Waals surface area contributed by atoms with Gasteiger partial charge in [0.25, 0.3) is 0 Å². The number of benzene rings is 1. The van der Waals surface area contributed by atoms with Crippen LogP contribution in [0.5, 0.6) is 0 Å². The predicted molar refractivity (Wildman–Crippen MR) is 78.6 cm³/mol. The minimum Gasteiger partial charge on any atom is -0.477 e. The van der Waals surface area contributed by atoms with Gasteiger partial charge in [-0.05, 0) is 32.9 Å². The van der Waals surface area contributed by atoms with Gasteiger partial charge in [-0.1, -0.05) is 6.07 Å². The number of rotatable bonds is 2. The molecular weight excluding hydrogens is 297 g/mol. The maximum atomic E-state index is 13.9. The van der Waals surface area contributed by atoms with Crippen LogP contribution in [-0.4, -0.2) is 22.8 Å². The van der Waals surface area contributed by atoms with Crippen molar-refractivity contribution in [2.45, 2.75) is 26.4 Å². The highest BCUT2D eigenvalue weighted by Crippen LogP contribution is 2.37. The molecule has 0 saturated heterocycles. The second-order valence-corrected chi connectivity index (χ2v) is 6.40. The molecule has 0 fully saturated rings. The van der Waals surface area contributed by atoms with Crippen molar-refractivity contribution in [3.8, 4) is 0 Å². The number of thiophene rings is 1. The Balaban J connectivity index is 2.48. The number of hydrogen-bond donors (Lipinski definition) is 2. The van der Waals surface area contributed by atoms with Gasteiger partial charge in [0.05, 0.1) is 11.1 Å². The number of anilines is 1. The number of carboxylic acid groups (broad SMARTS) is 1. The minimum absolute atomic E-state index is 0.0742. The predicted octanol–water partition coefficient (Wildman–Crippen LogP) is 4.09. The molecule has 1 aromatic carbocycles. The van der Waals surface area contributed by atoms with Crippen molar-refractivity contribution in [1.82, 2.24) is 0 Å². The summed E-state index contributed by atoms with van der Waals surface area (Å²) in [5.41, 5.74) is -0.812. The lowest BCUT2D eigenvalue weighted by Crippen LogP contribution is -2.27. The van der Waals surface area contributed by atoms with Crippen molar-refractivity contribution in [1.29, 1.82) is 0 Å². The number of amides is 1. The highest BCUT2D eigenvalue weighted by atomic mass is 32.1. The van der Waals surface area contributed by atoms with Crippen LogP contribution in [0.2, 0.25) is 0 Å². The molecule has 0 aliphatic carbocycles. The van der Waals surface area contributed by atoms with Crippen molar-refractivity contribution in [3.05, 3.63) is 28.9 Å². The molecule has 0 aliphatic rings. The molecule has 0 bridgehead atoms. The summed E-state index contributed by atoms with van der Waals surface area (Å²) >= 11 is 0.896. The highest BCUT2D eigenvalue weighted by molar-refractivity contribution is 7.21. The molecule has 2 N–H and O–H groups in total. The molecule has 5 nitrogen and oxygen atoms in total. The second kappa shape index (κ2) is 5.33. The Labute approximate surface area is 124 Å². The Morgan fingerprint density at radius 2 is 2.00 bits per heavy atom. The zero-order chi connectivity index (χ0) is 15.8. The third kappa shape index (κ3) is 3.30. The van der Waals surface area contributed by atoms with Crippen molar-refractivity contribution < 1.29 is 23.8 Å². The minimum atomic E-state index is -1.23. The molecule has 0 atom stereocenters. The van der Waals surface area contributed by atoms with Gasteiger partial charge in [0.2, 0.25) is 0 Å². The van der Waals surface area contributed by atoms with Crippen molar-refractivity contribution >= 4 is 39.2 Å². The summed E-state index contributed by atoms with van der Waals surface area (Å²) in [5.74, 6) is -1.83. The van der Waals surface area contributed by atoms with E-state index in [4.69, 9.17) is 4.74 Å². The van der Waals surface area contributed by atoms with E-state index in [2.05, 4.69) is 5.32 Å². The molecule has 1 heterocycles. The normalized spacial score (nSPS) is 11.4. The van der Waals surface area contributed by atoms with Gasteiger partial charge in [-0.25, -0.2) is 14.0 Å². The van der Waals surface area contributed by atoms with E-state index in [1.54, 1.807) is 26.8 Å². The van der Waals surface area contributed by atoms with Gasteiger partial charge in [0.15, 0.2) is 0 Å². The molecule has 2 rings (SSSR count). The molecule has 0 spiro atoms. The zero-order valence-electron chi connectivity index (χ0n) is 11.7. The summed E-state index contributed by atoms with van der Waals surface area (Å²) < 4.78 is 19.5. The number of carbonyl (C=O) groups is 2. The SMILES string of the molecule is CC(C)(C)OC(=O)Nc1c(C(=O)O)sc2cccc(F)c12. The van der Waals surface area contributed by atoms with Crippen molar-refractivity contribution in [2.75, 3.05) is 5.32 Å². The van der Waals surface area contributed by atoms with E-state index in [9.17, 15) is 19.1 Å². The van der Waals surface area contributed by atoms with Crippen LogP contribution in [0.15, 0.2) is 18.2 Å². The van der Waals surface area contributed by atoms with Gasteiger partial charge >= 0.3 is 12.1 Å². The summed E-state index contributed by atoms with van der Waals surface area (Å²) in [6.45, 7) is 5.03. The van der Waals surface area contributed by atoms with Crippen LogP contribution in [-0.2, 0) is 4.74 Å². The van der Waals surface area contributed by atoms with Crippen LogP contribution in [0.4, 0.5) is 14.9 Å². The molecule has 2 aromatic rings. The first kappa shape index (κ1) is 15.2. The van der Waals surface area contributed by atoms with Crippen molar-refractivity contribution in [2.24, 2.45) is 0 Å². The lowest BCUT2D eigenvalue weighted by atomic mass is 10.2. The van der Waals surface area contributed by atoms with E-state index in [0.717, 1.165) is 11.3 Å². The number of carbonyl (C=O) groups excluding carboxylic acids is 1. The lowest BCUT2D eigenvalue weighted by Gasteiger charge is -2.19. The Hall–Kier alpha value is -2.15. The van der Waals surface area contributed by atoms with E-state index in [0.29, 0.717) is 4.70 Å². The Morgan fingerprint density at radius 1 is 1.33 bits per heavy atom. The van der Waals surface area contributed by atoms with Gasteiger partial charge in [-0.15, -0.1) is 11.3 Å². The first-order valence-electron chi connectivity index (χ1n) is 6.13. The number of aromatic carboxylic acids is 1. The van der Waals surface area contributed by atoms with Crippen LogP contribution in [0.1, 0.15) is 30.4 Å². The Morgan fingerprint density at radius 3 is 2.57 bits per heavy atom. The third-order valence-electron chi connectivity index (χ3n) is 2.48. The monoisotopic (exact) mass is 311 g/mol. The number of fused-ring (bicyclic) bond motifs is 1. The van der Waals surface area contributed by atoms with Gasteiger partial charge in [0.1, 0.15) is 16.3 Å². The molecule has 0 aliphatic heterocycles. The van der Waals surface area contributed by atoms with Gasteiger partial charge in [0, 0.05) is 4.70 Å². The average molecular weight is 311 g/mol. The van der Waals surface area contributed by atoms with Crippen LogP contribution in [0.3, 0.4) is 0 Å². The largest absolute Gasteiger partial charge is 0.477 e. The van der Waals surface area contributed by atoms with E-state index >= 15 is 0 Å². The van der Waals surface area contributed by atoms with E-state index in [1.165, 1.54) is 12.1 Å². The fourth-order valence-corrected chi connectivity index (χ4v) is 2.79. The number of halogens is 1. The number of nitrogens with one attached hydrogen (secondary N) is 1.